The normalized spacial score (nSPS) is 18.8. The lowest BCUT2D eigenvalue weighted by molar-refractivity contribution is 0.0176. The number of methoxy groups -OCH3 is 1. The number of nitrogens with one attached hydrogen (secondary N) is 1. The van der Waals surface area contributed by atoms with E-state index in [0.717, 1.165) is 76.4 Å². The Morgan fingerprint density at radius 3 is 2.50 bits per heavy atom. The number of thiophene rings is 1. The van der Waals surface area contributed by atoms with E-state index in [2.05, 4.69) is 54.7 Å². The Kier molecular flexibility index (Phi) is 9.89. The van der Waals surface area contributed by atoms with E-state index in [1.807, 2.05) is 30.5 Å². The molecule has 2 aromatic rings. The van der Waals surface area contributed by atoms with Gasteiger partial charge in [-0.25, -0.2) is 0 Å². The molecule has 2 aliphatic heterocycles. The Bertz CT molecular complexity index is 837. The van der Waals surface area contributed by atoms with Gasteiger partial charge in [-0.3, -0.25) is 9.89 Å². The van der Waals surface area contributed by atoms with Crippen LogP contribution >= 0.6 is 35.3 Å². The van der Waals surface area contributed by atoms with E-state index < -0.39 is 0 Å². The number of ether oxygens (including phenoxy) is 2. The Morgan fingerprint density at radius 1 is 1.09 bits per heavy atom. The third-order valence-electron chi connectivity index (χ3n) is 6.03. The summed E-state index contributed by atoms with van der Waals surface area (Å²) in [5.74, 6) is 1.91. The number of anilines is 1. The van der Waals surface area contributed by atoms with Gasteiger partial charge in [0.2, 0.25) is 0 Å². The molecule has 2 fully saturated rings. The van der Waals surface area contributed by atoms with E-state index >= 15 is 0 Å². The van der Waals surface area contributed by atoms with Crippen molar-refractivity contribution in [3.63, 3.8) is 0 Å². The Morgan fingerprint density at radius 2 is 1.84 bits per heavy atom. The van der Waals surface area contributed by atoms with E-state index in [1.165, 1.54) is 4.88 Å². The molecule has 4 rings (SSSR count). The van der Waals surface area contributed by atoms with Crippen molar-refractivity contribution in [3.8, 4) is 5.75 Å². The van der Waals surface area contributed by atoms with Crippen molar-refractivity contribution in [2.24, 2.45) is 4.99 Å². The molecule has 7 nitrogen and oxygen atoms in total. The molecule has 1 unspecified atom stereocenters. The lowest BCUT2D eigenvalue weighted by atomic mass is 10.2. The minimum absolute atomic E-state index is 0. The summed E-state index contributed by atoms with van der Waals surface area (Å²) < 4.78 is 11.1. The van der Waals surface area contributed by atoms with Gasteiger partial charge in [0.15, 0.2) is 5.96 Å². The van der Waals surface area contributed by atoms with Gasteiger partial charge < -0.3 is 24.6 Å². The van der Waals surface area contributed by atoms with Crippen LogP contribution < -0.4 is 15.0 Å². The van der Waals surface area contributed by atoms with Crippen LogP contribution in [-0.4, -0.2) is 88.9 Å². The van der Waals surface area contributed by atoms with E-state index in [0.29, 0.717) is 6.04 Å². The van der Waals surface area contributed by atoms with E-state index in [9.17, 15) is 0 Å². The number of piperazine rings is 1. The average Bonchev–Trinajstić information content (AvgIpc) is 3.37. The minimum Gasteiger partial charge on any atom is -0.495 e. The monoisotopic (exact) mass is 571 g/mol. The van der Waals surface area contributed by atoms with Crippen molar-refractivity contribution in [1.29, 1.82) is 0 Å². The first-order valence-electron chi connectivity index (χ1n) is 11.0. The Labute approximate surface area is 212 Å². The summed E-state index contributed by atoms with van der Waals surface area (Å²) in [6.07, 6.45) is 0. The van der Waals surface area contributed by atoms with Gasteiger partial charge in [-0.2, -0.15) is 0 Å². The lowest BCUT2D eigenvalue weighted by Gasteiger charge is -2.39. The predicted octanol–water partition coefficient (Wildman–Crippen LogP) is 3.15. The number of hydrogen-bond acceptors (Lipinski definition) is 6. The van der Waals surface area contributed by atoms with Gasteiger partial charge in [-0.05, 0) is 23.6 Å². The molecular formula is C23H34IN5O2S. The number of para-hydroxylation sites is 2. The first-order valence-corrected chi connectivity index (χ1v) is 11.9. The number of halogens is 1. The van der Waals surface area contributed by atoms with E-state index in [4.69, 9.17) is 9.47 Å². The second-order valence-electron chi connectivity index (χ2n) is 7.75. The number of benzene rings is 1. The zero-order valence-corrected chi connectivity index (χ0v) is 22.1. The molecule has 176 valence electrons. The molecule has 0 spiro atoms. The smallest absolute Gasteiger partial charge is 0.193 e. The highest BCUT2D eigenvalue weighted by molar-refractivity contribution is 14.0. The van der Waals surface area contributed by atoms with Crippen LogP contribution in [0.2, 0.25) is 0 Å². The maximum absolute atomic E-state index is 5.57. The minimum atomic E-state index is 0. The highest BCUT2D eigenvalue weighted by atomic mass is 127. The molecule has 3 heterocycles. The van der Waals surface area contributed by atoms with Gasteiger partial charge in [0, 0.05) is 57.7 Å². The van der Waals surface area contributed by atoms with Crippen molar-refractivity contribution in [1.82, 2.24) is 15.1 Å². The predicted molar refractivity (Wildman–Crippen MR) is 143 cm³/mol. The Balaban J connectivity index is 0.00000289. The van der Waals surface area contributed by atoms with Crippen molar-refractivity contribution in [3.05, 3.63) is 46.7 Å². The van der Waals surface area contributed by atoms with Crippen LogP contribution in [0.15, 0.2) is 46.8 Å². The van der Waals surface area contributed by atoms with E-state index in [1.54, 1.807) is 7.11 Å². The number of aliphatic imine (C=N–C) groups is 1. The zero-order valence-electron chi connectivity index (χ0n) is 18.9. The summed E-state index contributed by atoms with van der Waals surface area (Å²) in [4.78, 5) is 13.3. The van der Waals surface area contributed by atoms with Crippen LogP contribution in [0, 0.1) is 0 Å². The molecule has 2 saturated heterocycles. The van der Waals surface area contributed by atoms with Crippen molar-refractivity contribution >= 4 is 47.0 Å². The average molecular weight is 572 g/mol. The summed E-state index contributed by atoms with van der Waals surface area (Å²) >= 11 is 1.83. The van der Waals surface area contributed by atoms with Crippen LogP contribution in [0.5, 0.6) is 5.75 Å². The molecule has 2 aliphatic rings. The molecule has 0 saturated carbocycles. The second-order valence-corrected chi connectivity index (χ2v) is 8.73. The quantitative estimate of drug-likeness (QED) is 0.327. The summed E-state index contributed by atoms with van der Waals surface area (Å²) in [6.45, 7) is 8.15. The van der Waals surface area contributed by atoms with Gasteiger partial charge in [0.05, 0.1) is 32.1 Å². The lowest BCUT2D eigenvalue weighted by Crippen LogP contribution is -2.54. The van der Waals surface area contributed by atoms with Crippen LogP contribution in [0.1, 0.15) is 10.9 Å². The summed E-state index contributed by atoms with van der Waals surface area (Å²) in [6, 6.07) is 13.0. The van der Waals surface area contributed by atoms with Crippen LogP contribution in [0.25, 0.3) is 0 Å². The fraction of sp³-hybridized carbons (Fsp3) is 0.522. The first-order chi connectivity index (χ1) is 15.3. The fourth-order valence-corrected chi connectivity index (χ4v) is 5.21. The molecule has 1 aromatic carbocycles. The zero-order chi connectivity index (χ0) is 21.5. The highest BCUT2D eigenvalue weighted by Crippen LogP contribution is 2.28. The first kappa shape index (κ1) is 25.1. The van der Waals surface area contributed by atoms with Gasteiger partial charge in [0.1, 0.15) is 5.75 Å². The molecular weight excluding hydrogens is 537 g/mol. The largest absolute Gasteiger partial charge is 0.495 e. The number of guanidine groups is 1. The number of hydrogen-bond donors (Lipinski definition) is 1. The molecule has 1 atom stereocenters. The van der Waals surface area contributed by atoms with Gasteiger partial charge in [-0.15, -0.1) is 35.3 Å². The molecule has 32 heavy (non-hydrogen) atoms. The SMILES string of the molecule is CN=C(NCC(c1cccs1)N1CCOCC1)N1CCN(c2ccccc2OC)CC1.I. The molecule has 0 bridgehead atoms. The molecule has 0 radical (unpaired) electrons. The van der Waals surface area contributed by atoms with Gasteiger partial charge in [0.25, 0.3) is 0 Å². The fourth-order valence-electron chi connectivity index (χ4n) is 4.35. The second kappa shape index (κ2) is 12.6. The molecule has 9 heteroatoms. The molecule has 1 N–H and O–H groups in total. The summed E-state index contributed by atoms with van der Waals surface area (Å²) in [5, 5.41) is 5.82. The van der Waals surface area contributed by atoms with Crippen molar-refractivity contribution < 1.29 is 9.47 Å². The molecule has 0 aliphatic carbocycles. The van der Waals surface area contributed by atoms with Gasteiger partial charge in [-0.1, -0.05) is 18.2 Å². The topological polar surface area (TPSA) is 52.6 Å². The maximum atomic E-state index is 5.57. The van der Waals surface area contributed by atoms with Crippen LogP contribution in [0.3, 0.4) is 0 Å². The summed E-state index contributed by atoms with van der Waals surface area (Å²) in [5.41, 5.74) is 1.16. The highest BCUT2D eigenvalue weighted by Gasteiger charge is 2.26. The third-order valence-corrected chi connectivity index (χ3v) is 7.00. The molecule has 1 aromatic heterocycles. The van der Waals surface area contributed by atoms with Crippen molar-refractivity contribution in [2.75, 3.05) is 78.1 Å². The van der Waals surface area contributed by atoms with Gasteiger partial charge >= 0.3 is 0 Å². The third kappa shape index (κ3) is 6.06. The standard InChI is InChI=1S/C23H33N5O2S.HI/c1-24-23(25-18-20(22-8-5-17-31-22)27-13-15-30-16-14-27)28-11-9-26(10-12-28)19-6-3-4-7-21(19)29-2;/h3-8,17,20H,9-16,18H2,1-2H3,(H,24,25);1H. The number of nitrogens with zero attached hydrogens (tertiary/aromatic N) is 4. The van der Waals surface area contributed by atoms with E-state index in [-0.39, 0.29) is 24.0 Å². The van der Waals surface area contributed by atoms with Crippen LogP contribution in [-0.2, 0) is 4.74 Å². The Hall–Kier alpha value is -1.56. The maximum Gasteiger partial charge on any atom is 0.193 e. The van der Waals surface area contributed by atoms with Crippen molar-refractivity contribution in [2.45, 2.75) is 6.04 Å². The van der Waals surface area contributed by atoms with Crippen LogP contribution in [0.4, 0.5) is 5.69 Å². The molecule has 0 amide bonds. The number of rotatable bonds is 6. The summed E-state index contributed by atoms with van der Waals surface area (Å²) in [7, 11) is 3.61. The number of morpholine rings is 1.